The van der Waals surface area contributed by atoms with Crippen LogP contribution in [0.15, 0.2) is 11.6 Å². The minimum Gasteiger partial charge on any atom is -0.458 e. The Kier molecular flexibility index (Phi) is 3.72. The van der Waals surface area contributed by atoms with Crippen molar-refractivity contribution in [3.63, 3.8) is 0 Å². The summed E-state index contributed by atoms with van der Waals surface area (Å²) < 4.78 is 5.17. The van der Waals surface area contributed by atoms with Crippen LogP contribution in [0.5, 0.6) is 0 Å². The van der Waals surface area contributed by atoms with Gasteiger partial charge in [0.05, 0.1) is 5.60 Å². The molecule has 1 heterocycles. The maximum atomic E-state index is 11.7. The van der Waals surface area contributed by atoms with Crippen molar-refractivity contribution in [1.29, 1.82) is 0 Å². The maximum Gasteiger partial charge on any atom is 0.331 e. The second-order valence-electron chi connectivity index (χ2n) is 10.5. The lowest BCUT2D eigenvalue weighted by Gasteiger charge is -2.61. The molecule has 0 saturated heterocycles. The van der Waals surface area contributed by atoms with Crippen molar-refractivity contribution >= 4 is 5.97 Å². The molecule has 7 atom stereocenters. The molecule has 0 spiro atoms. The van der Waals surface area contributed by atoms with E-state index < -0.39 is 5.60 Å². The number of rotatable bonds is 1. The highest BCUT2D eigenvalue weighted by atomic mass is 16.5. The van der Waals surface area contributed by atoms with Crippen molar-refractivity contribution in [3.8, 4) is 0 Å². The Bertz CT molecular complexity index is 654. The van der Waals surface area contributed by atoms with Crippen LogP contribution < -0.4 is 0 Å². The third kappa shape index (κ3) is 2.07. The lowest BCUT2D eigenvalue weighted by molar-refractivity contribution is -0.142. The minimum atomic E-state index is -0.834. The van der Waals surface area contributed by atoms with Gasteiger partial charge in [-0.15, -0.1) is 0 Å². The molecule has 0 bridgehead atoms. The largest absolute Gasteiger partial charge is 0.458 e. The summed E-state index contributed by atoms with van der Waals surface area (Å²) >= 11 is 0. The zero-order valence-electron chi connectivity index (χ0n) is 16.4. The van der Waals surface area contributed by atoms with Gasteiger partial charge in [0.15, 0.2) is 0 Å². The minimum absolute atomic E-state index is 0.0914. The predicted molar refractivity (Wildman–Crippen MR) is 100 cm³/mol. The second-order valence-corrected chi connectivity index (χ2v) is 10.5. The first-order valence-electron chi connectivity index (χ1n) is 11.0. The third-order valence-electron chi connectivity index (χ3n) is 9.93. The number of ether oxygens (including phenoxy) is 1. The first-order chi connectivity index (χ1) is 12.4. The van der Waals surface area contributed by atoms with Crippen molar-refractivity contribution < 1.29 is 14.6 Å². The lowest BCUT2D eigenvalue weighted by Crippen LogP contribution is -2.56. The number of hydrogen-bond acceptors (Lipinski definition) is 3. The Morgan fingerprint density at radius 3 is 2.58 bits per heavy atom. The Labute approximate surface area is 157 Å². The van der Waals surface area contributed by atoms with Gasteiger partial charge in [0.1, 0.15) is 6.61 Å². The van der Waals surface area contributed by atoms with E-state index in [1.807, 2.05) is 0 Å². The van der Waals surface area contributed by atoms with Gasteiger partial charge >= 0.3 is 5.97 Å². The van der Waals surface area contributed by atoms with E-state index in [2.05, 4.69) is 13.8 Å². The highest BCUT2D eigenvalue weighted by Crippen LogP contribution is 2.69. The number of esters is 1. The standard InChI is InChI=1S/C23H34O3/c1-21-10-4-3-5-15(21)6-7-17-18(21)8-11-22(2)19(17)9-12-23(22,25)16-13-20(24)26-14-16/h13,15,17-19,25H,3-12,14H2,1-2H3/t15?,17-,18+,19+,21+,22+,23+/m1/s1. The lowest BCUT2D eigenvalue weighted by atomic mass is 9.44. The van der Waals surface area contributed by atoms with Gasteiger partial charge in [0.25, 0.3) is 0 Å². The van der Waals surface area contributed by atoms with Gasteiger partial charge in [0, 0.05) is 17.1 Å². The van der Waals surface area contributed by atoms with Crippen LogP contribution in [-0.4, -0.2) is 23.3 Å². The van der Waals surface area contributed by atoms with Gasteiger partial charge in [0.2, 0.25) is 0 Å². The van der Waals surface area contributed by atoms with E-state index in [1.165, 1.54) is 44.9 Å². The second kappa shape index (κ2) is 5.59. The molecule has 4 aliphatic carbocycles. The number of aliphatic hydroxyl groups is 1. The molecule has 26 heavy (non-hydrogen) atoms. The summed E-state index contributed by atoms with van der Waals surface area (Å²) in [5, 5.41) is 11.7. The number of cyclic esters (lactones) is 1. The number of carbonyl (C=O) groups is 1. The van der Waals surface area contributed by atoms with E-state index in [1.54, 1.807) is 6.08 Å². The fourth-order valence-electron chi connectivity index (χ4n) is 8.45. The Balaban J connectivity index is 1.47. The average Bonchev–Trinajstić information content (AvgIpc) is 3.17. The first-order valence-corrected chi connectivity index (χ1v) is 11.0. The first kappa shape index (κ1) is 17.3. The van der Waals surface area contributed by atoms with Crippen molar-refractivity contribution in [1.82, 2.24) is 0 Å². The average molecular weight is 359 g/mol. The van der Waals surface area contributed by atoms with Crippen LogP contribution in [0.1, 0.15) is 78.1 Å². The molecule has 1 unspecified atom stereocenters. The number of hydrogen-bond donors (Lipinski definition) is 1. The van der Waals surface area contributed by atoms with Crippen LogP contribution in [-0.2, 0) is 9.53 Å². The van der Waals surface area contributed by atoms with Gasteiger partial charge < -0.3 is 9.84 Å². The summed E-state index contributed by atoms with van der Waals surface area (Å²) in [6.07, 6.45) is 14.3. The van der Waals surface area contributed by atoms with E-state index in [9.17, 15) is 9.90 Å². The quantitative estimate of drug-likeness (QED) is 0.695. The molecular weight excluding hydrogens is 324 g/mol. The molecule has 5 aliphatic rings. The summed E-state index contributed by atoms with van der Waals surface area (Å²) in [5.41, 5.74) is 0.461. The molecule has 0 radical (unpaired) electrons. The Morgan fingerprint density at radius 2 is 1.81 bits per heavy atom. The molecular formula is C23H34O3. The van der Waals surface area contributed by atoms with Crippen molar-refractivity contribution in [2.24, 2.45) is 34.5 Å². The Hall–Kier alpha value is -0.830. The van der Waals surface area contributed by atoms with Crippen LogP contribution in [0.2, 0.25) is 0 Å². The van der Waals surface area contributed by atoms with Crippen LogP contribution in [0.4, 0.5) is 0 Å². The van der Waals surface area contributed by atoms with Gasteiger partial charge in [-0.1, -0.05) is 26.7 Å². The van der Waals surface area contributed by atoms with E-state index in [4.69, 9.17) is 4.74 Å². The molecule has 0 aromatic carbocycles. The van der Waals surface area contributed by atoms with Gasteiger partial charge in [-0.05, 0) is 80.5 Å². The molecule has 4 saturated carbocycles. The Morgan fingerprint density at radius 1 is 1.00 bits per heavy atom. The highest BCUT2D eigenvalue weighted by molar-refractivity contribution is 5.85. The summed E-state index contributed by atoms with van der Waals surface area (Å²) in [6, 6.07) is 0. The summed E-state index contributed by atoms with van der Waals surface area (Å²) in [7, 11) is 0. The van der Waals surface area contributed by atoms with E-state index in [-0.39, 0.29) is 11.4 Å². The molecule has 3 heteroatoms. The van der Waals surface area contributed by atoms with Crippen LogP contribution in [0, 0.1) is 34.5 Å². The topological polar surface area (TPSA) is 46.5 Å². The molecule has 0 aromatic heterocycles. The number of carbonyl (C=O) groups excluding carboxylic acids is 1. The molecule has 144 valence electrons. The fourth-order valence-corrected chi connectivity index (χ4v) is 8.45. The molecule has 0 amide bonds. The van der Waals surface area contributed by atoms with Crippen molar-refractivity contribution in [2.45, 2.75) is 83.7 Å². The monoisotopic (exact) mass is 358 g/mol. The molecule has 1 N–H and O–H groups in total. The SMILES string of the molecule is C[C@]12CCCCC1CC[C@@H]1[C@@H]2CC[C@@]2(C)[C@H]1CC[C@]2(O)C1=CC(=O)OC1. The maximum absolute atomic E-state index is 11.7. The van der Waals surface area contributed by atoms with E-state index >= 15 is 0 Å². The van der Waals surface area contributed by atoms with E-state index in [0.717, 1.165) is 42.6 Å². The zero-order valence-corrected chi connectivity index (χ0v) is 16.4. The zero-order chi connectivity index (χ0) is 18.2. The van der Waals surface area contributed by atoms with Crippen molar-refractivity contribution in [2.75, 3.05) is 6.61 Å². The van der Waals surface area contributed by atoms with Crippen molar-refractivity contribution in [3.05, 3.63) is 11.6 Å². The molecule has 3 nitrogen and oxygen atoms in total. The number of fused-ring (bicyclic) bond motifs is 5. The van der Waals surface area contributed by atoms with Crippen LogP contribution in [0.25, 0.3) is 0 Å². The summed E-state index contributed by atoms with van der Waals surface area (Å²) in [6.45, 7) is 5.22. The predicted octanol–water partition coefficient (Wildman–Crippen LogP) is 4.63. The van der Waals surface area contributed by atoms with Gasteiger partial charge in [-0.3, -0.25) is 0 Å². The van der Waals surface area contributed by atoms with Crippen LogP contribution in [0.3, 0.4) is 0 Å². The van der Waals surface area contributed by atoms with Crippen LogP contribution >= 0.6 is 0 Å². The molecule has 0 aromatic rings. The fraction of sp³-hybridized carbons (Fsp3) is 0.870. The molecule has 5 rings (SSSR count). The van der Waals surface area contributed by atoms with Gasteiger partial charge in [-0.2, -0.15) is 0 Å². The third-order valence-corrected chi connectivity index (χ3v) is 9.93. The molecule has 4 fully saturated rings. The highest BCUT2D eigenvalue weighted by Gasteiger charge is 2.65. The van der Waals surface area contributed by atoms with E-state index in [0.29, 0.717) is 17.9 Å². The molecule has 1 aliphatic heterocycles. The normalized spacial score (nSPS) is 53.3. The summed E-state index contributed by atoms with van der Waals surface area (Å²) in [5.74, 6) is 2.87. The summed E-state index contributed by atoms with van der Waals surface area (Å²) in [4.78, 5) is 11.6. The smallest absolute Gasteiger partial charge is 0.331 e. The van der Waals surface area contributed by atoms with Gasteiger partial charge in [-0.25, -0.2) is 4.79 Å².